The molecule has 27 heavy (non-hydrogen) atoms. The summed E-state index contributed by atoms with van der Waals surface area (Å²) < 4.78 is 0. The summed E-state index contributed by atoms with van der Waals surface area (Å²) in [6, 6.07) is 7.18. The number of nitrogens with zero attached hydrogens (tertiary/aromatic N) is 2. The number of carbonyl (C=O) groups is 3. The molecule has 0 saturated carbocycles. The van der Waals surface area contributed by atoms with Gasteiger partial charge in [-0.2, -0.15) is 0 Å². The normalized spacial score (nSPS) is 16.6. The summed E-state index contributed by atoms with van der Waals surface area (Å²) in [7, 11) is 0. The summed E-state index contributed by atoms with van der Waals surface area (Å²) in [6.45, 7) is 6.12. The second kappa shape index (κ2) is 10.0. The van der Waals surface area contributed by atoms with E-state index in [0.29, 0.717) is 13.1 Å². The summed E-state index contributed by atoms with van der Waals surface area (Å²) >= 11 is 0. The minimum Gasteiger partial charge on any atom is -0.481 e. The van der Waals surface area contributed by atoms with Crippen molar-refractivity contribution in [2.45, 2.75) is 32.4 Å². The highest BCUT2D eigenvalue weighted by atomic mass is 16.4. The molecule has 2 rings (SSSR count). The molecule has 1 aliphatic heterocycles. The number of amides is 1. The van der Waals surface area contributed by atoms with Gasteiger partial charge >= 0.3 is 11.9 Å². The topological polar surface area (TPSA) is 110 Å². The van der Waals surface area contributed by atoms with E-state index >= 15 is 0 Å². The van der Waals surface area contributed by atoms with Crippen LogP contribution < -0.4 is 5.32 Å². The van der Waals surface area contributed by atoms with E-state index in [4.69, 9.17) is 10.2 Å². The Labute approximate surface area is 158 Å². The molecule has 1 fully saturated rings. The van der Waals surface area contributed by atoms with Crippen molar-refractivity contribution in [1.82, 2.24) is 15.1 Å². The Morgan fingerprint density at radius 1 is 1.00 bits per heavy atom. The summed E-state index contributed by atoms with van der Waals surface area (Å²) in [5.41, 5.74) is 2.58. The maximum absolute atomic E-state index is 12.0. The van der Waals surface area contributed by atoms with Gasteiger partial charge in [0.2, 0.25) is 5.91 Å². The van der Waals surface area contributed by atoms with Crippen molar-refractivity contribution in [3.8, 4) is 0 Å². The van der Waals surface area contributed by atoms with Crippen LogP contribution in [-0.4, -0.2) is 76.6 Å². The lowest BCUT2D eigenvalue weighted by atomic mass is 10.1. The zero-order valence-electron chi connectivity index (χ0n) is 15.6. The van der Waals surface area contributed by atoms with E-state index in [-0.39, 0.29) is 6.54 Å². The maximum Gasteiger partial charge on any atom is 0.326 e. The van der Waals surface area contributed by atoms with E-state index in [1.54, 1.807) is 0 Å². The molecule has 1 aliphatic rings. The van der Waals surface area contributed by atoms with E-state index in [0.717, 1.165) is 26.1 Å². The third kappa shape index (κ3) is 6.99. The van der Waals surface area contributed by atoms with E-state index in [1.807, 2.05) is 4.90 Å². The zero-order valence-corrected chi connectivity index (χ0v) is 15.6. The molecule has 1 aromatic rings. The lowest BCUT2D eigenvalue weighted by Gasteiger charge is -2.34. The first-order valence-corrected chi connectivity index (χ1v) is 9.14. The van der Waals surface area contributed by atoms with Crippen LogP contribution in [0, 0.1) is 0 Å². The van der Waals surface area contributed by atoms with Crippen molar-refractivity contribution in [2.24, 2.45) is 0 Å². The van der Waals surface area contributed by atoms with Crippen molar-refractivity contribution in [2.75, 3.05) is 32.7 Å². The zero-order chi connectivity index (χ0) is 19.8. The molecule has 1 saturated heterocycles. The minimum absolute atomic E-state index is 0.0719. The number of carboxylic acid groups (broad SMARTS) is 2. The first-order valence-electron chi connectivity index (χ1n) is 9.14. The molecule has 0 spiro atoms. The number of rotatable bonds is 9. The van der Waals surface area contributed by atoms with Gasteiger partial charge in [0, 0.05) is 32.7 Å². The Balaban J connectivity index is 1.75. The Hall–Kier alpha value is -2.45. The first-order chi connectivity index (χ1) is 12.9. The summed E-state index contributed by atoms with van der Waals surface area (Å²) in [6.07, 6.45) is 0.391. The molecule has 1 heterocycles. The van der Waals surface area contributed by atoms with Crippen molar-refractivity contribution >= 4 is 17.8 Å². The molecule has 1 atom stereocenters. The second-order valence-corrected chi connectivity index (χ2v) is 6.78. The largest absolute Gasteiger partial charge is 0.481 e. The third-order valence-electron chi connectivity index (χ3n) is 4.68. The molecular weight excluding hydrogens is 350 g/mol. The first kappa shape index (κ1) is 20.9. The van der Waals surface area contributed by atoms with Crippen molar-refractivity contribution < 1.29 is 24.6 Å². The average molecular weight is 377 g/mol. The van der Waals surface area contributed by atoms with Gasteiger partial charge in [-0.1, -0.05) is 31.2 Å². The highest BCUT2D eigenvalue weighted by molar-refractivity contribution is 5.87. The lowest BCUT2D eigenvalue weighted by molar-refractivity contribution is -0.147. The van der Waals surface area contributed by atoms with Crippen LogP contribution in [0.1, 0.15) is 24.5 Å². The number of carbonyl (C=O) groups excluding carboxylic acids is 1. The quantitative estimate of drug-likeness (QED) is 0.572. The molecule has 8 heteroatoms. The van der Waals surface area contributed by atoms with Crippen LogP contribution in [0.5, 0.6) is 0 Å². The SMILES string of the molecule is CCc1ccc(CN2CCN(CC(=O)N[C@@H](CC(=O)O)C(=O)O)CC2)cc1. The van der Waals surface area contributed by atoms with Crippen LogP contribution in [0.3, 0.4) is 0 Å². The molecule has 0 bridgehead atoms. The summed E-state index contributed by atoms with van der Waals surface area (Å²) in [5, 5.41) is 20.0. The van der Waals surface area contributed by atoms with Crippen molar-refractivity contribution in [3.63, 3.8) is 0 Å². The van der Waals surface area contributed by atoms with Gasteiger partial charge in [0.1, 0.15) is 6.04 Å². The van der Waals surface area contributed by atoms with Gasteiger partial charge in [-0.05, 0) is 17.5 Å². The highest BCUT2D eigenvalue weighted by Gasteiger charge is 2.25. The molecule has 8 nitrogen and oxygen atoms in total. The molecule has 0 unspecified atom stereocenters. The molecule has 0 aromatic heterocycles. The fourth-order valence-electron chi connectivity index (χ4n) is 3.06. The average Bonchev–Trinajstić information content (AvgIpc) is 2.63. The standard InChI is InChI=1S/C19H27N3O5/c1-2-14-3-5-15(6-4-14)12-21-7-9-22(10-8-21)13-17(23)20-16(19(26)27)11-18(24)25/h3-6,16H,2,7-13H2,1H3,(H,20,23)(H,24,25)(H,26,27)/t16-/m0/s1. The molecule has 1 aromatic carbocycles. The Kier molecular flexibility index (Phi) is 7.75. The van der Waals surface area contributed by atoms with Crippen molar-refractivity contribution in [3.05, 3.63) is 35.4 Å². The smallest absolute Gasteiger partial charge is 0.326 e. The number of hydrogen-bond donors (Lipinski definition) is 3. The number of benzene rings is 1. The number of aliphatic carboxylic acids is 2. The van der Waals surface area contributed by atoms with Gasteiger partial charge in [0.25, 0.3) is 0 Å². The monoisotopic (exact) mass is 377 g/mol. The number of piperazine rings is 1. The maximum atomic E-state index is 12.0. The molecule has 148 valence electrons. The Morgan fingerprint density at radius 3 is 2.07 bits per heavy atom. The predicted octanol–water partition coefficient (Wildman–Crippen LogP) is 0.411. The van der Waals surface area contributed by atoms with Crippen LogP contribution in [0.15, 0.2) is 24.3 Å². The third-order valence-corrected chi connectivity index (χ3v) is 4.68. The summed E-state index contributed by atoms with van der Waals surface area (Å²) in [5.74, 6) is -3.07. The molecule has 1 amide bonds. The molecular formula is C19H27N3O5. The number of aryl methyl sites for hydroxylation is 1. The fourth-order valence-corrected chi connectivity index (χ4v) is 3.06. The Morgan fingerprint density at radius 2 is 1.56 bits per heavy atom. The van der Waals surface area contributed by atoms with Crippen LogP contribution >= 0.6 is 0 Å². The molecule has 3 N–H and O–H groups in total. The number of nitrogens with one attached hydrogen (secondary N) is 1. The Bertz CT molecular complexity index is 654. The van der Waals surface area contributed by atoms with Gasteiger partial charge in [0.05, 0.1) is 13.0 Å². The minimum atomic E-state index is -1.40. The molecule has 0 radical (unpaired) electrons. The molecule has 0 aliphatic carbocycles. The van der Waals surface area contributed by atoms with Gasteiger partial charge < -0.3 is 15.5 Å². The van der Waals surface area contributed by atoms with Gasteiger partial charge in [-0.25, -0.2) is 4.79 Å². The van der Waals surface area contributed by atoms with Crippen LogP contribution in [-0.2, 0) is 27.3 Å². The number of carboxylic acids is 2. The predicted molar refractivity (Wildman–Crippen MR) is 99.4 cm³/mol. The lowest BCUT2D eigenvalue weighted by Crippen LogP contribution is -2.51. The summed E-state index contributed by atoms with van der Waals surface area (Å²) in [4.78, 5) is 38.0. The highest BCUT2D eigenvalue weighted by Crippen LogP contribution is 2.10. The van der Waals surface area contributed by atoms with Crippen LogP contribution in [0.25, 0.3) is 0 Å². The van der Waals surface area contributed by atoms with Gasteiger partial charge in [-0.15, -0.1) is 0 Å². The van der Waals surface area contributed by atoms with Crippen LogP contribution in [0.4, 0.5) is 0 Å². The number of hydrogen-bond acceptors (Lipinski definition) is 5. The van der Waals surface area contributed by atoms with E-state index < -0.39 is 30.3 Å². The van der Waals surface area contributed by atoms with E-state index in [9.17, 15) is 14.4 Å². The van der Waals surface area contributed by atoms with Gasteiger partial charge in [-0.3, -0.25) is 19.4 Å². The van der Waals surface area contributed by atoms with E-state index in [1.165, 1.54) is 11.1 Å². The van der Waals surface area contributed by atoms with E-state index in [2.05, 4.69) is 41.4 Å². The van der Waals surface area contributed by atoms with Crippen molar-refractivity contribution in [1.29, 1.82) is 0 Å². The second-order valence-electron chi connectivity index (χ2n) is 6.78. The fraction of sp³-hybridized carbons (Fsp3) is 0.526. The van der Waals surface area contributed by atoms with Crippen LogP contribution in [0.2, 0.25) is 0 Å². The van der Waals surface area contributed by atoms with Gasteiger partial charge in [0.15, 0.2) is 0 Å².